The summed E-state index contributed by atoms with van der Waals surface area (Å²) in [5, 5.41) is -0.676. The predicted octanol–water partition coefficient (Wildman–Crippen LogP) is 3.05. The molecule has 1 rings (SSSR count). The molecule has 1 aromatic carbocycles. The molecule has 3 nitrogen and oxygen atoms in total. The van der Waals surface area contributed by atoms with Gasteiger partial charge in [-0.05, 0) is 25.1 Å². The van der Waals surface area contributed by atoms with Crippen molar-refractivity contribution in [2.24, 2.45) is 0 Å². The normalized spacial score (nSPS) is 12.0. The van der Waals surface area contributed by atoms with Crippen LogP contribution in [0.25, 0.3) is 0 Å². The van der Waals surface area contributed by atoms with E-state index in [0.29, 0.717) is 4.47 Å². The van der Waals surface area contributed by atoms with E-state index < -0.39 is 11.3 Å². The summed E-state index contributed by atoms with van der Waals surface area (Å²) in [7, 11) is 1.27. The first kappa shape index (κ1) is 13.2. The summed E-state index contributed by atoms with van der Waals surface area (Å²) in [5.74, 6) is -0.850. The Balaban J connectivity index is 3.28. The summed E-state index contributed by atoms with van der Waals surface area (Å²) in [4.78, 5) is 23.2. The summed E-state index contributed by atoms with van der Waals surface area (Å²) in [6, 6.07) is 4.77. The van der Waals surface area contributed by atoms with Crippen LogP contribution in [-0.2, 0) is 4.74 Å². The van der Waals surface area contributed by atoms with Gasteiger partial charge in [0.1, 0.15) is 0 Å². The lowest BCUT2D eigenvalue weighted by molar-refractivity contribution is 0.0597. The number of Topliss-reactive ketones (excluding diaryl/α,β-unsaturated/α-hetero) is 1. The molecule has 0 saturated carbocycles. The molecule has 5 heteroatoms. The highest BCUT2D eigenvalue weighted by Gasteiger charge is 2.20. The minimum Gasteiger partial charge on any atom is -0.465 e. The van der Waals surface area contributed by atoms with Gasteiger partial charge in [0.15, 0.2) is 5.78 Å². The Morgan fingerprint density at radius 3 is 2.50 bits per heavy atom. The topological polar surface area (TPSA) is 43.4 Å². The van der Waals surface area contributed by atoms with E-state index in [4.69, 9.17) is 11.6 Å². The summed E-state index contributed by atoms with van der Waals surface area (Å²) < 4.78 is 5.31. The number of hydrogen-bond donors (Lipinski definition) is 0. The van der Waals surface area contributed by atoms with Gasteiger partial charge in [0.2, 0.25) is 0 Å². The first-order chi connectivity index (χ1) is 7.47. The second kappa shape index (κ2) is 5.46. The molecule has 1 aromatic rings. The highest BCUT2D eigenvalue weighted by atomic mass is 79.9. The van der Waals surface area contributed by atoms with Crippen molar-refractivity contribution < 1.29 is 14.3 Å². The number of ether oxygens (including phenoxy) is 1. The monoisotopic (exact) mass is 304 g/mol. The predicted molar refractivity (Wildman–Crippen MR) is 65.1 cm³/mol. The molecule has 16 heavy (non-hydrogen) atoms. The fourth-order valence-electron chi connectivity index (χ4n) is 1.22. The molecule has 0 saturated heterocycles. The van der Waals surface area contributed by atoms with Gasteiger partial charge in [-0.25, -0.2) is 4.79 Å². The van der Waals surface area contributed by atoms with Gasteiger partial charge in [0, 0.05) is 10.0 Å². The molecule has 0 heterocycles. The third kappa shape index (κ3) is 2.83. The smallest absolute Gasteiger partial charge is 0.338 e. The molecule has 0 radical (unpaired) electrons. The van der Waals surface area contributed by atoms with Crippen molar-refractivity contribution in [3.8, 4) is 0 Å². The minimum atomic E-state index is -0.676. The van der Waals surface area contributed by atoms with E-state index in [0.717, 1.165) is 0 Å². The van der Waals surface area contributed by atoms with Crippen molar-refractivity contribution in [2.45, 2.75) is 12.3 Å². The van der Waals surface area contributed by atoms with Crippen LogP contribution in [0.4, 0.5) is 0 Å². The van der Waals surface area contributed by atoms with E-state index >= 15 is 0 Å². The van der Waals surface area contributed by atoms with Crippen LogP contribution in [0.15, 0.2) is 22.7 Å². The fourth-order valence-corrected chi connectivity index (χ4v) is 1.70. The van der Waals surface area contributed by atoms with Crippen molar-refractivity contribution in [2.75, 3.05) is 7.11 Å². The summed E-state index contributed by atoms with van der Waals surface area (Å²) in [5.41, 5.74) is 0.493. The zero-order valence-corrected chi connectivity index (χ0v) is 11.1. The van der Waals surface area contributed by atoms with E-state index in [2.05, 4.69) is 20.7 Å². The fraction of sp³-hybridized carbons (Fsp3) is 0.273. The van der Waals surface area contributed by atoms with Crippen molar-refractivity contribution in [1.29, 1.82) is 0 Å². The van der Waals surface area contributed by atoms with E-state index in [1.165, 1.54) is 7.11 Å². The number of halogens is 2. The van der Waals surface area contributed by atoms with Gasteiger partial charge in [-0.2, -0.15) is 0 Å². The lowest BCUT2D eigenvalue weighted by atomic mass is 10.0. The zero-order valence-electron chi connectivity index (χ0n) is 8.79. The third-order valence-corrected chi connectivity index (χ3v) is 2.71. The number of ketones is 1. The van der Waals surface area contributed by atoms with Crippen molar-refractivity contribution in [3.63, 3.8) is 0 Å². The van der Waals surface area contributed by atoms with Crippen LogP contribution in [0, 0.1) is 0 Å². The molecule has 0 N–H and O–H groups in total. The Labute approximate surface area is 107 Å². The summed E-state index contributed by atoms with van der Waals surface area (Å²) >= 11 is 8.94. The SMILES string of the molecule is COC(=O)c1cc(Br)ccc1C(=O)C(C)Cl. The molecule has 0 fully saturated rings. The van der Waals surface area contributed by atoms with Gasteiger partial charge in [0.25, 0.3) is 0 Å². The van der Waals surface area contributed by atoms with Crippen LogP contribution < -0.4 is 0 Å². The maximum atomic E-state index is 11.7. The van der Waals surface area contributed by atoms with Gasteiger partial charge >= 0.3 is 5.97 Å². The van der Waals surface area contributed by atoms with E-state index in [-0.39, 0.29) is 16.9 Å². The Hall–Kier alpha value is -0.870. The Bertz CT molecular complexity index is 429. The van der Waals surface area contributed by atoms with Gasteiger partial charge in [-0.1, -0.05) is 15.9 Å². The average molecular weight is 306 g/mol. The molecule has 0 bridgehead atoms. The lowest BCUT2D eigenvalue weighted by Crippen LogP contribution is -2.16. The Morgan fingerprint density at radius 1 is 1.38 bits per heavy atom. The second-order valence-electron chi connectivity index (χ2n) is 3.16. The number of methoxy groups -OCH3 is 1. The molecule has 0 spiro atoms. The Kier molecular flexibility index (Phi) is 4.50. The number of carbonyl (C=O) groups excluding carboxylic acids is 2. The van der Waals surface area contributed by atoms with E-state index in [1.54, 1.807) is 25.1 Å². The van der Waals surface area contributed by atoms with Crippen molar-refractivity contribution >= 4 is 39.3 Å². The molecule has 0 aromatic heterocycles. The van der Waals surface area contributed by atoms with Gasteiger partial charge < -0.3 is 4.74 Å². The highest BCUT2D eigenvalue weighted by molar-refractivity contribution is 9.10. The number of carbonyl (C=O) groups is 2. The average Bonchev–Trinajstić information content (AvgIpc) is 2.26. The minimum absolute atomic E-state index is 0.217. The van der Waals surface area contributed by atoms with Crippen LogP contribution in [-0.4, -0.2) is 24.2 Å². The van der Waals surface area contributed by atoms with Crippen LogP contribution in [0.3, 0.4) is 0 Å². The van der Waals surface area contributed by atoms with Crippen LogP contribution >= 0.6 is 27.5 Å². The number of rotatable bonds is 3. The molecule has 86 valence electrons. The first-order valence-corrected chi connectivity index (χ1v) is 5.76. The van der Waals surface area contributed by atoms with E-state index in [1.807, 2.05) is 0 Å². The van der Waals surface area contributed by atoms with E-state index in [9.17, 15) is 9.59 Å². The second-order valence-corrected chi connectivity index (χ2v) is 4.73. The zero-order chi connectivity index (χ0) is 12.3. The summed E-state index contributed by atoms with van der Waals surface area (Å²) in [6.45, 7) is 1.56. The Morgan fingerprint density at radius 2 is 2.00 bits per heavy atom. The highest BCUT2D eigenvalue weighted by Crippen LogP contribution is 2.20. The summed E-state index contributed by atoms with van der Waals surface area (Å²) in [6.07, 6.45) is 0. The van der Waals surface area contributed by atoms with Crippen LogP contribution in [0.1, 0.15) is 27.6 Å². The third-order valence-electron chi connectivity index (χ3n) is 2.01. The van der Waals surface area contributed by atoms with Crippen LogP contribution in [0.2, 0.25) is 0 Å². The molecular formula is C11H10BrClO3. The standard InChI is InChI=1S/C11H10BrClO3/c1-6(13)10(14)8-4-3-7(12)5-9(8)11(15)16-2/h3-6H,1-2H3. The molecule has 0 amide bonds. The van der Waals surface area contributed by atoms with Gasteiger partial charge in [-0.3, -0.25) is 4.79 Å². The molecular weight excluding hydrogens is 295 g/mol. The molecule has 0 aliphatic carbocycles. The van der Waals surface area contributed by atoms with Crippen LogP contribution in [0.5, 0.6) is 0 Å². The molecule has 0 aliphatic rings. The van der Waals surface area contributed by atoms with Crippen molar-refractivity contribution in [3.05, 3.63) is 33.8 Å². The number of hydrogen-bond acceptors (Lipinski definition) is 3. The molecule has 1 unspecified atom stereocenters. The molecule has 0 aliphatic heterocycles. The number of esters is 1. The maximum Gasteiger partial charge on any atom is 0.338 e. The maximum absolute atomic E-state index is 11.7. The quantitative estimate of drug-likeness (QED) is 0.490. The largest absolute Gasteiger partial charge is 0.465 e. The first-order valence-electron chi connectivity index (χ1n) is 4.53. The number of alkyl halides is 1. The number of benzene rings is 1. The van der Waals surface area contributed by atoms with Gasteiger partial charge in [0.05, 0.1) is 18.1 Å². The van der Waals surface area contributed by atoms with Gasteiger partial charge in [-0.15, -0.1) is 11.6 Å². The molecule has 1 atom stereocenters. The van der Waals surface area contributed by atoms with Crippen molar-refractivity contribution in [1.82, 2.24) is 0 Å². The lowest BCUT2D eigenvalue weighted by Gasteiger charge is -2.08.